The molecule has 0 bridgehead atoms. The molecule has 1 saturated heterocycles. The monoisotopic (exact) mass is 491 g/mol. The zero-order valence-corrected chi connectivity index (χ0v) is 19.1. The van der Waals surface area contributed by atoms with Crippen molar-refractivity contribution < 1.29 is 33.5 Å². The maximum absolute atomic E-state index is 13.0. The van der Waals surface area contributed by atoms with Gasteiger partial charge in [0, 0.05) is 35.7 Å². The van der Waals surface area contributed by atoms with Crippen LogP contribution in [0.25, 0.3) is 22.3 Å². The fourth-order valence-electron chi connectivity index (χ4n) is 4.16. The van der Waals surface area contributed by atoms with Crippen LogP contribution in [0, 0.1) is 0 Å². The second-order valence-electron chi connectivity index (χ2n) is 8.03. The zero-order chi connectivity index (χ0) is 24.1. The van der Waals surface area contributed by atoms with Crippen LogP contribution in [0.3, 0.4) is 0 Å². The van der Waals surface area contributed by atoms with Crippen LogP contribution in [-0.2, 0) is 4.57 Å². The van der Waals surface area contributed by atoms with Crippen molar-refractivity contribution in [3.63, 3.8) is 0 Å². The average molecular weight is 492 g/mol. The Morgan fingerprint density at radius 1 is 1.27 bits per heavy atom. The number of nitrogens with zero attached hydrogens (tertiary/aromatic N) is 1. The Hall–Kier alpha value is -2.33. The minimum Gasteiger partial charge on any atom is -0.507 e. The van der Waals surface area contributed by atoms with Crippen molar-refractivity contribution in [2.45, 2.75) is 18.4 Å². The quantitative estimate of drug-likeness (QED) is 0.318. The van der Waals surface area contributed by atoms with Gasteiger partial charge in [-0.3, -0.25) is 14.6 Å². The van der Waals surface area contributed by atoms with E-state index in [0.717, 1.165) is 12.1 Å². The van der Waals surface area contributed by atoms with Crippen molar-refractivity contribution in [1.82, 2.24) is 4.90 Å². The summed E-state index contributed by atoms with van der Waals surface area (Å²) in [6.07, 6.45) is -0.573. The molecule has 12 heteroatoms. The standard InChI is InChI=1S/C21H20BClNO8P/c1-24-5-4-12(16(27)9-24)19-18(32-33(28,29)30)8-15(26)20-14(25)7-17(31-21(19)20)11-3-2-10(22)6-13(11)23/h2-3,6-8,12,16,26-27H,4-5,9H2,1H3,(H2,28,29,30). The number of fused-ring (bicyclic) bond motifs is 1. The molecule has 1 aliphatic heterocycles. The molecule has 0 saturated carbocycles. The van der Waals surface area contributed by atoms with Crippen LogP contribution >= 0.6 is 19.4 Å². The number of phenolic OH excluding ortho intramolecular Hbond substituents is 1. The SMILES string of the molecule is [B]c1ccc(-c2cc(=O)c3c(O)cc(OP(=O)(O)O)c(C4CCN(C)CC4O)c3o2)c(Cl)c1. The molecule has 1 fully saturated rings. The summed E-state index contributed by atoms with van der Waals surface area (Å²) in [6, 6.07) is 6.71. The van der Waals surface area contributed by atoms with Gasteiger partial charge in [-0.2, -0.15) is 0 Å². The van der Waals surface area contributed by atoms with E-state index in [2.05, 4.69) is 0 Å². The first-order valence-corrected chi connectivity index (χ1v) is 11.9. The lowest BCUT2D eigenvalue weighted by Crippen LogP contribution is -2.40. The molecular weight excluding hydrogens is 471 g/mol. The fraction of sp³-hybridized carbons (Fsp3) is 0.286. The summed E-state index contributed by atoms with van der Waals surface area (Å²) in [5.41, 5.74) is 0.0697. The summed E-state index contributed by atoms with van der Waals surface area (Å²) in [7, 11) is 2.51. The van der Waals surface area contributed by atoms with Crippen LogP contribution in [-0.4, -0.2) is 59.0 Å². The van der Waals surface area contributed by atoms with Gasteiger partial charge in [0.05, 0.1) is 11.1 Å². The molecule has 1 aliphatic rings. The lowest BCUT2D eigenvalue weighted by molar-refractivity contribution is 0.0632. The molecule has 3 aromatic rings. The average Bonchev–Trinajstić information content (AvgIpc) is 2.67. The Labute approximate surface area is 194 Å². The second-order valence-corrected chi connectivity index (χ2v) is 9.60. The van der Waals surface area contributed by atoms with E-state index < -0.39 is 31.0 Å². The van der Waals surface area contributed by atoms with E-state index in [1.807, 2.05) is 11.9 Å². The molecule has 2 unspecified atom stereocenters. The van der Waals surface area contributed by atoms with E-state index >= 15 is 0 Å². The number of β-amino-alcohol motifs (C(OH)–C–C–N with tert-alkyl or cyclic N) is 1. The van der Waals surface area contributed by atoms with Gasteiger partial charge in [0.15, 0.2) is 5.43 Å². The van der Waals surface area contributed by atoms with Crippen LogP contribution in [0.5, 0.6) is 11.5 Å². The highest BCUT2D eigenvalue weighted by molar-refractivity contribution is 7.46. The number of aliphatic hydroxyl groups is 1. The van der Waals surface area contributed by atoms with Crippen LogP contribution < -0.4 is 15.4 Å². The molecule has 4 rings (SSSR count). The van der Waals surface area contributed by atoms with Gasteiger partial charge in [-0.15, -0.1) is 0 Å². The molecule has 2 heterocycles. The number of phosphoric acid groups is 1. The number of phenols is 1. The summed E-state index contributed by atoms with van der Waals surface area (Å²) in [6.45, 7) is 0.837. The smallest absolute Gasteiger partial charge is 0.507 e. The number of likely N-dealkylation sites (N-methyl/N-ethyl adjacent to an activating group) is 1. The fourth-order valence-corrected chi connectivity index (χ4v) is 4.85. The van der Waals surface area contributed by atoms with Gasteiger partial charge in [-0.05, 0) is 26.1 Å². The molecular formula is C21H20BClNO8P. The number of hydrogen-bond acceptors (Lipinski definition) is 7. The molecule has 172 valence electrons. The summed E-state index contributed by atoms with van der Waals surface area (Å²) in [4.78, 5) is 33.7. The summed E-state index contributed by atoms with van der Waals surface area (Å²) < 4.78 is 22.5. The Morgan fingerprint density at radius 3 is 2.64 bits per heavy atom. The highest BCUT2D eigenvalue weighted by atomic mass is 35.5. The number of aliphatic hydroxyl groups excluding tert-OH is 1. The first-order chi connectivity index (χ1) is 15.4. The molecule has 2 aromatic carbocycles. The largest absolute Gasteiger partial charge is 0.524 e. The van der Waals surface area contributed by atoms with Crippen LogP contribution in [0.1, 0.15) is 17.9 Å². The van der Waals surface area contributed by atoms with Crippen LogP contribution in [0.2, 0.25) is 5.02 Å². The van der Waals surface area contributed by atoms with E-state index in [0.29, 0.717) is 24.0 Å². The van der Waals surface area contributed by atoms with Crippen molar-refractivity contribution in [2.75, 3.05) is 20.1 Å². The second kappa shape index (κ2) is 8.79. The lowest BCUT2D eigenvalue weighted by Gasteiger charge is -2.34. The number of likely N-dealkylation sites (tertiary alicyclic amines) is 1. The first kappa shape index (κ1) is 23.8. The van der Waals surface area contributed by atoms with Crippen molar-refractivity contribution in [3.05, 3.63) is 51.1 Å². The molecule has 0 amide bonds. The van der Waals surface area contributed by atoms with Gasteiger partial charge in [0.2, 0.25) is 0 Å². The number of aromatic hydroxyl groups is 1. The van der Waals surface area contributed by atoms with E-state index in [1.165, 1.54) is 6.07 Å². The number of benzene rings is 2. The van der Waals surface area contributed by atoms with E-state index in [-0.39, 0.29) is 39.6 Å². The van der Waals surface area contributed by atoms with Crippen molar-refractivity contribution in [3.8, 4) is 22.8 Å². The van der Waals surface area contributed by atoms with Gasteiger partial charge in [0.1, 0.15) is 36.1 Å². The van der Waals surface area contributed by atoms with Crippen LogP contribution in [0.4, 0.5) is 0 Å². The van der Waals surface area contributed by atoms with E-state index in [1.54, 1.807) is 12.1 Å². The number of hydrogen-bond donors (Lipinski definition) is 4. The molecule has 9 nitrogen and oxygen atoms in total. The number of rotatable bonds is 4. The third-order valence-electron chi connectivity index (χ3n) is 5.61. The van der Waals surface area contributed by atoms with Gasteiger partial charge in [-0.1, -0.05) is 29.2 Å². The first-order valence-electron chi connectivity index (χ1n) is 9.95. The number of phosphoric ester groups is 1. The minimum absolute atomic E-state index is 0.0499. The van der Waals surface area contributed by atoms with Gasteiger partial charge >= 0.3 is 7.82 Å². The molecule has 0 spiro atoms. The Morgan fingerprint density at radius 2 is 2.00 bits per heavy atom. The van der Waals surface area contributed by atoms with Gasteiger partial charge in [0.25, 0.3) is 0 Å². The van der Waals surface area contributed by atoms with Crippen molar-refractivity contribution in [2.24, 2.45) is 0 Å². The molecule has 4 N–H and O–H groups in total. The third-order valence-corrected chi connectivity index (χ3v) is 6.36. The summed E-state index contributed by atoms with van der Waals surface area (Å²) >= 11 is 6.28. The molecule has 2 atom stereocenters. The van der Waals surface area contributed by atoms with Crippen molar-refractivity contribution in [1.29, 1.82) is 0 Å². The maximum atomic E-state index is 13.0. The Balaban J connectivity index is 2.04. The number of halogens is 1. The van der Waals surface area contributed by atoms with E-state index in [4.69, 9.17) is 28.4 Å². The molecule has 1 aromatic heterocycles. The number of piperidine rings is 1. The summed E-state index contributed by atoms with van der Waals surface area (Å²) in [5, 5.41) is 21.3. The molecule has 33 heavy (non-hydrogen) atoms. The minimum atomic E-state index is -5.05. The highest BCUT2D eigenvalue weighted by Crippen LogP contribution is 2.48. The highest BCUT2D eigenvalue weighted by Gasteiger charge is 2.35. The maximum Gasteiger partial charge on any atom is 0.524 e. The van der Waals surface area contributed by atoms with Crippen molar-refractivity contribution >= 4 is 43.7 Å². The normalized spacial score (nSPS) is 19.7. The predicted molar refractivity (Wildman–Crippen MR) is 124 cm³/mol. The van der Waals surface area contributed by atoms with Gasteiger partial charge in [-0.25, -0.2) is 4.57 Å². The Bertz CT molecular complexity index is 1340. The van der Waals surface area contributed by atoms with Crippen LogP contribution in [0.15, 0.2) is 39.5 Å². The van der Waals surface area contributed by atoms with E-state index in [9.17, 15) is 29.4 Å². The lowest BCUT2D eigenvalue weighted by atomic mass is 9.85. The molecule has 2 radical (unpaired) electrons. The molecule has 0 aliphatic carbocycles. The third kappa shape index (κ3) is 4.82. The summed E-state index contributed by atoms with van der Waals surface area (Å²) in [5.74, 6) is -1.60. The van der Waals surface area contributed by atoms with Gasteiger partial charge < -0.3 is 24.1 Å². The topological polar surface area (TPSA) is 141 Å². The zero-order valence-electron chi connectivity index (χ0n) is 17.4. The predicted octanol–water partition coefficient (Wildman–Crippen LogP) is 1.86. The Kier molecular flexibility index (Phi) is 6.35.